The summed E-state index contributed by atoms with van der Waals surface area (Å²) in [5, 5.41) is 0.372. The molecule has 0 N–H and O–H groups in total. The fraction of sp³-hybridized carbons (Fsp3) is 0.515. The Hall–Kier alpha value is -3.54. The van der Waals surface area contributed by atoms with Crippen LogP contribution in [0.2, 0.25) is 0 Å². The minimum Gasteiger partial charge on any atom is -0.496 e. The van der Waals surface area contributed by atoms with Gasteiger partial charge in [-0.3, -0.25) is 14.2 Å². The molecular formula is C33H39N3O7S. The van der Waals surface area contributed by atoms with Crippen LogP contribution in [0.4, 0.5) is 0 Å². The number of aryl methyl sites for hydroxylation is 1. The Kier molecular flexibility index (Phi) is 8.63. The van der Waals surface area contributed by atoms with Crippen LogP contribution in [0.3, 0.4) is 0 Å². The largest absolute Gasteiger partial charge is 0.496 e. The standard InChI is InChI=1S/C33H39N3O7S/c1-20-27-30(38)36(33(2,3)26(37)18-21-8-7-9-21)32(39)35(31(27)44-28(20)29-34-14-17-42-29)19-25(43-22-12-15-41-16-13-22)23-10-5-6-11-24(23)40-4/h5-6,10-11,14,17,21-22,25H,7-9,12-13,15-16,18-19H2,1-4H3/t25-/m0/s1. The zero-order valence-electron chi connectivity index (χ0n) is 25.7. The molecule has 0 amide bonds. The number of methoxy groups -OCH3 is 1. The molecule has 3 aromatic heterocycles. The molecule has 2 aliphatic rings. The van der Waals surface area contributed by atoms with Crippen molar-refractivity contribution in [3.05, 3.63) is 68.7 Å². The number of ketones is 1. The van der Waals surface area contributed by atoms with Crippen LogP contribution in [0.25, 0.3) is 21.0 Å². The van der Waals surface area contributed by atoms with Gasteiger partial charge in [0.25, 0.3) is 5.56 Å². The lowest BCUT2D eigenvalue weighted by atomic mass is 9.79. The molecule has 1 saturated heterocycles. The normalized spacial score (nSPS) is 17.1. The predicted octanol–water partition coefficient (Wildman–Crippen LogP) is 5.63. The quantitative estimate of drug-likeness (QED) is 0.212. The summed E-state index contributed by atoms with van der Waals surface area (Å²) < 4.78 is 26.4. The Morgan fingerprint density at radius 3 is 2.57 bits per heavy atom. The SMILES string of the molecule is COc1ccccc1[C@H](Cn1c(=O)n(C(C)(C)C(=O)CC2CCC2)c(=O)c2c(C)c(-c3ncco3)sc21)OC1CCOCC1. The van der Waals surface area contributed by atoms with E-state index in [2.05, 4.69) is 4.98 Å². The van der Waals surface area contributed by atoms with Gasteiger partial charge in [0.1, 0.15) is 28.5 Å². The minimum atomic E-state index is -1.35. The van der Waals surface area contributed by atoms with Crippen LogP contribution >= 0.6 is 11.3 Å². The Labute approximate surface area is 259 Å². The molecule has 0 unspecified atom stereocenters. The van der Waals surface area contributed by atoms with Crippen molar-refractivity contribution in [1.82, 2.24) is 14.1 Å². The Balaban J connectivity index is 1.54. The van der Waals surface area contributed by atoms with Crippen LogP contribution in [0.1, 0.15) is 69.6 Å². The Morgan fingerprint density at radius 1 is 1.16 bits per heavy atom. The molecule has 0 bridgehead atoms. The van der Waals surface area contributed by atoms with E-state index in [0.29, 0.717) is 57.8 Å². The molecule has 1 aliphatic carbocycles. The first kappa shape index (κ1) is 30.5. The van der Waals surface area contributed by atoms with Gasteiger partial charge in [0.15, 0.2) is 5.78 Å². The zero-order chi connectivity index (χ0) is 31.0. The third-order valence-electron chi connectivity index (χ3n) is 9.14. The number of oxazole rings is 1. The lowest BCUT2D eigenvalue weighted by molar-refractivity contribution is -0.128. The average molecular weight is 622 g/mol. The van der Waals surface area contributed by atoms with Gasteiger partial charge >= 0.3 is 5.69 Å². The summed E-state index contributed by atoms with van der Waals surface area (Å²) in [6.07, 6.45) is 7.25. The van der Waals surface area contributed by atoms with Crippen LogP contribution in [-0.4, -0.2) is 46.3 Å². The summed E-state index contributed by atoms with van der Waals surface area (Å²) in [6.45, 7) is 6.49. The highest BCUT2D eigenvalue weighted by molar-refractivity contribution is 7.22. The van der Waals surface area contributed by atoms with E-state index >= 15 is 0 Å². The van der Waals surface area contributed by atoms with E-state index in [1.807, 2.05) is 31.2 Å². The molecule has 2 fully saturated rings. The highest BCUT2D eigenvalue weighted by Gasteiger charge is 2.38. The molecule has 1 aliphatic heterocycles. The van der Waals surface area contributed by atoms with Gasteiger partial charge in [0.05, 0.1) is 36.2 Å². The van der Waals surface area contributed by atoms with Gasteiger partial charge < -0.3 is 18.6 Å². The molecule has 0 spiro atoms. The van der Waals surface area contributed by atoms with E-state index in [-0.39, 0.29) is 18.4 Å². The molecule has 0 radical (unpaired) electrons. The lowest BCUT2D eigenvalue weighted by Gasteiger charge is -2.32. The van der Waals surface area contributed by atoms with Crippen LogP contribution in [0, 0.1) is 12.8 Å². The number of hydrogen-bond donors (Lipinski definition) is 0. The van der Waals surface area contributed by atoms with Gasteiger partial charge in [-0.05, 0) is 51.2 Å². The van der Waals surface area contributed by atoms with Crippen molar-refractivity contribution < 1.29 is 23.4 Å². The van der Waals surface area contributed by atoms with E-state index in [4.69, 9.17) is 18.6 Å². The second-order valence-electron chi connectivity index (χ2n) is 12.3. The van der Waals surface area contributed by atoms with Crippen LogP contribution < -0.4 is 16.0 Å². The second kappa shape index (κ2) is 12.5. The van der Waals surface area contributed by atoms with Gasteiger partial charge in [-0.15, -0.1) is 11.3 Å². The van der Waals surface area contributed by atoms with Crippen molar-refractivity contribution in [3.63, 3.8) is 0 Å². The average Bonchev–Trinajstić information content (AvgIpc) is 3.65. The smallest absolute Gasteiger partial charge is 0.333 e. The number of nitrogens with zero attached hydrogens (tertiary/aromatic N) is 3. The third kappa shape index (κ3) is 5.57. The van der Waals surface area contributed by atoms with Gasteiger partial charge in [0, 0.05) is 25.2 Å². The summed E-state index contributed by atoms with van der Waals surface area (Å²) in [6, 6.07) is 7.60. The van der Waals surface area contributed by atoms with Gasteiger partial charge in [-0.1, -0.05) is 37.5 Å². The number of carbonyl (C=O) groups is 1. The van der Waals surface area contributed by atoms with E-state index in [0.717, 1.165) is 42.2 Å². The molecule has 44 heavy (non-hydrogen) atoms. The van der Waals surface area contributed by atoms with E-state index in [9.17, 15) is 14.4 Å². The number of hydrogen-bond acceptors (Lipinski definition) is 9. The molecule has 11 heteroatoms. The molecule has 1 aromatic carbocycles. The maximum Gasteiger partial charge on any atom is 0.333 e. The minimum absolute atomic E-state index is 0.0794. The van der Waals surface area contributed by atoms with Crippen LogP contribution in [0.5, 0.6) is 5.75 Å². The van der Waals surface area contributed by atoms with E-state index < -0.39 is 22.9 Å². The molecule has 1 saturated carbocycles. The van der Waals surface area contributed by atoms with Crippen molar-refractivity contribution in [2.45, 2.75) is 83.6 Å². The lowest BCUT2D eigenvalue weighted by Crippen LogP contribution is -2.53. The van der Waals surface area contributed by atoms with Gasteiger partial charge in [-0.25, -0.2) is 14.3 Å². The van der Waals surface area contributed by atoms with Crippen LogP contribution in [-0.2, 0) is 26.4 Å². The number of rotatable bonds is 11. The number of ether oxygens (including phenoxy) is 3. The fourth-order valence-corrected chi connectivity index (χ4v) is 7.47. The third-order valence-corrected chi connectivity index (χ3v) is 10.4. The summed E-state index contributed by atoms with van der Waals surface area (Å²) in [5.41, 5.74) is -0.940. The summed E-state index contributed by atoms with van der Waals surface area (Å²) in [4.78, 5) is 48.0. The molecule has 234 valence electrons. The highest BCUT2D eigenvalue weighted by Crippen LogP contribution is 2.38. The maximum absolute atomic E-state index is 14.6. The Morgan fingerprint density at radius 2 is 1.91 bits per heavy atom. The van der Waals surface area contributed by atoms with E-state index in [1.165, 1.54) is 17.6 Å². The Bertz CT molecular complexity index is 1760. The first-order valence-corrected chi connectivity index (χ1v) is 16.1. The molecule has 4 aromatic rings. The van der Waals surface area contributed by atoms with Crippen molar-refractivity contribution in [2.24, 2.45) is 5.92 Å². The number of benzene rings is 1. The number of aromatic nitrogens is 3. The molecule has 1 atom stereocenters. The molecule has 6 rings (SSSR count). The number of para-hydroxylation sites is 1. The monoisotopic (exact) mass is 621 g/mol. The van der Waals surface area contributed by atoms with Crippen molar-refractivity contribution >= 4 is 27.3 Å². The van der Waals surface area contributed by atoms with Crippen molar-refractivity contribution in [2.75, 3.05) is 20.3 Å². The summed E-state index contributed by atoms with van der Waals surface area (Å²) in [7, 11) is 1.61. The topological polar surface area (TPSA) is 115 Å². The number of carbonyl (C=O) groups excluding carboxylic acids is 1. The number of thiophene rings is 1. The summed E-state index contributed by atoms with van der Waals surface area (Å²) in [5.74, 6) is 1.19. The molecule has 4 heterocycles. The number of Topliss-reactive ketones (excluding diaryl/α,β-unsaturated/α-hetero) is 1. The first-order valence-electron chi connectivity index (χ1n) is 15.3. The van der Waals surface area contributed by atoms with Gasteiger partial charge in [0.2, 0.25) is 5.89 Å². The first-order chi connectivity index (χ1) is 21.2. The molecule has 10 nitrogen and oxygen atoms in total. The summed E-state index contributed by atoms with van der Waals surface area (Å²) >= 11 is 1.28. The number of fused-ring (bicyclic) bond motifs is 1. The van der Waals surface area contributed by atoms with Crippen molar-refractivity contribution in [1.29, 1.82) is 0 Å². The fourth-order valence-electron chi connectivity index (χ4n) is 6.23. The van der Waals surface area contributed by atoms with Crippen molar-refractivity contribution in [3.8, 4) is 16.5 Å². The van der Waals surface area contributed by atoms with E-state index in [1.54, 1.807) is 31.7 Å². The van der Waals surface area contributed by atoms with Gasteiger partial charge in [-0.2, -0.15) is 0 Å². The zero-order valence-corrected chi connectivity index (χ0v) is 26.5. The molecular weight excluding hydrogens is 582 g/mol. The predicted molar refractivity (Wildman–Crippen MR) is 168 cm³/mol. The second-order valence-corrected chi connectivity index (χ2v) is 13.3. The highest BCUT2D eigenvalue weighted by atomic mass is 32.1. The maximum atomic E-state index is 14.6. The van der Waals surface area contributed by atoms with Crippen LogP contribution in [0.15, 0.2) is 50.7 Å².